The van der Waals surface area contributed by atoms with Gasteiger partial charge >= 0.3 is 0 Å². The van der Waals surface area contributed by atoms with Gasteiger partial charge in [-0.1, -0.05) is 19.8 Å². The lowest BCUT2D eigenvalue weighted by Gasteiger charge is -2.30. The second-order valence-corrected chi connectivity index (χ2v) is 5.04. The topological polar surface area (TPSA) is 41.1 Å². The van der Waals surface area contributed by atoms with Gasteiger partial charge in [0.1, 0.15) is 0 Å². The molecule has 1 amide bonds. The highest BCUT2D eigenvalue weighted by molar-refractivity contribution is 5.79. The summed E-state index contributed by atoms with van der Waals surface area (Å²) in [5, 5.41) is 6.50. The molecule has 1 fully saturated rings. The second kappa shape index (κ2) is 6.89. The summed E-state index contributed by atoms with van der Waals surface area (Å²) in [6, 6.07) is 0.647. The van der Waals surface area contributed by atoms with E-state index in [1.807, 2.05) is 0 Å². The maximum absolute atomic E-state index is 12.0. The monoisotopic (exact) mass is 226 g/mol. The van der Waals surface area contributed by atoms with Crippen molar-refractivity contribution in [2.45, 2.75) is 65.0 Å². The molecule has 94 valence electrons. The molecule has 0 spiro atoms. The molecule has 2 N–H and O–H groups in total. The molecule has 1 aliphatic heterocycles. The lowest BCUT2D eigenvalue weighted by atomic mass is 9.91. The minimum absolute atomic E-state index is 0.165. The van der Waals surface area contributed by atoms with Gasteiger partial charge in [0, 0.05) is 12.1 Å². The van der Waals surface area contributed by atoms with Crippen LogP contribution in [0.5, 0.6) is 0 Å². The predicted octanol–water partition coefficient (Wildman–Crippen LogP) is 2.07. The van der Waals surface area contributed by atoms with E-state index in [2.05, 4.69) is 31.4 Å². The number of hydrogen-bond acceptors (Lipinski definition) is 2. The summed E-state index contributed by atoms with van der Waals surface area (Å²) in [6.07, 6.45) is 5.63. The Bertz CT molecular complexity index is 218. The number of unbranched alkanes of at least 4 members (excludes halogenated alkanes) is 1. The smallest absolute Gasteiger partial charge is 0.224 e. The molecule has 3 heteroatoms. The van der Waals surface area contributed by atoms with Gasteiger partial charge in [0.05, 0.1) is 5.92 Å². The number of nitrogens with one attached hydrogen (secondary N) is 2. The molecule has 0 aromatic carbocycles. The van der Waals surface area contributed by atoms with Crippen molar-refractivity contribution in [3.63, 3.8) is 0 Å². The van der Waals surface area contributed by atoms with Crippen LogP contribution in [0.4, 0.5) is 0 Å². The first kappa shape index (κ1) is 13.5. The highest BCUT2D eigenvalue weighted by Crippen LogP contribution is 2.16. The van der Waals surface area contributed by atoms with Gasteiger partial charge in [-0.05, 0) is 39.7 Å². The Morgan fingerprint density at radius 2 is 2.31 bits per heavy atom. The standard InChI is InChI=1S/C13H26N2O/c1-4-5-7-10(2)15-13(16)12-8-6-9-14-11(12)3/h10-12,14H,4-9H2,1-3H3,(H,15,16). The maximum Gasteiger partial charge on any atom is 0.224 e. The van der Waals surface area contributed by atoms with E-state index in [4.69, 9.17) is 0 Å². The molecule has 1 rings (SSSR count). The van der Waals surface area contributed by atoms with Crippen LogP contribution in [0, 0.1) is 5.92 Å². The fourth-order valence-corrected chi connectivity index (χ4v) is 2.33. The van der Waals surface area contributed by atoms with E-state index in [9.17, 15) is 4.79 Å². The van der Waals surface area contributed by atoms with Crippen LogP contribution in [0.25, 0.3) is 0 Å². The summed E-state index contributed by atoms with van der Waals surface area (Å²) >= 11 is 0. The SMILES string of the molecule is CCCCC(C)NC(=O)C1CCCNC1C. The Morgan fingerprint density at radius 3 is 2.94 bits per heavy atom. The minimum Gasteiger partial charge on any atom is -0.353 e. The largest absolute Gasteiger partial charge is 0.353 e. The Kier molecular flexibility index (Phi) is 5.81. The molecule has 3 atom stereocenters. The van der Waals surface area contributed by atoms with Crippen LogP contribution in [0.3, 0.4) is 0 Å². The third-order valence-electron chi connectivity index (χ3n) is 3.48. The van der Waals surface area contributed by atoms with E-state index in [0.717, 1.165) is 25.8 Å². The quantitative estimate of drug-likeness (QED) is 0.753. The van der Waals surface area contributed by atoms with Crippen molar-refractivity contribution < 1.29 is 4.79 Å². The average molecular weight is 226 g/mol. The van der Waals surface area contributed by atoms with Gasteiger partial charge in [-0.25, -0.2) is 0 Å². The highest BCUT2D eigenvalue weighted by atomic mass is 16.2. The summed E-state index contributed by atoms with van der Waals surface area (Å²) in [4.78, 5) is 12.0. The first-order valence-electron chi connectivity index (χ1n) is 6.69. The van der Waals surface area contributed by atoms with Gasteiger partial charge in [-0.15, -0.1) is 0 Å². The zero-order chi connectivity index (χ0) is 12.0. The van der Waals surface area contributed by atoms with Crippen molar-refractivity contribution in [2.24, 2.45) is 5.92 Å². The molecular formula is C13H26N2O. The van der Waals surface area contributed by atoms with Crippen molar-refractivity contribution in [3.8, 4) is 0 Å². The lowest BCUT2D eigenvalue weighted by molar-refractivity contribution is -0.127. The average Bonchev–Trinajstić information content (AvgIpc) is 2.26. The molecule has 1 saturated heterocycles. The van der Waals surface area contributed by atoms with E-state index < -0.39 is 0 Å². The molecular weight excluding hydrogens is 200 g/mol. The maximum atomic E-state index is 12.0. The fraction of sp³-hybridized carbons (Fsp3) is 0.923. The van der Waals surface area contributed by atoms with Crippen LogP contribution in [0.2, 0.25) is 0 Å². The number of hydrogen-bond donors (Lipinski definition) is 2. The molecule has 1 aliphatic rings. The Morgan fingerprint density at radius 1 is 1.56 bits per heavy atom. The molecule has 0 radical (unpaired) electrons. The molecule has 0 aromatic rings. The van der Waals surface area contributed by atoms with Crippen molar-refractivity contribution in [2.75, 3.05) is 6.54 Å². The Balaban J connectivity index is 2.32. The lowest BCUT2D eigenvalue weighted by Crippen LogP contribution is -2.48. The molecule has 0 saturated carbocycles. The molecule has 3 unspecified atom stereocenters. The molecule has 0 bridgehead atoms. The van der Waals surface area contributed by atoms with Gasteiger partial charge in [-0.3, -0.25) is 4.79 Å². The van der Waals surface area contributed by atoms with Crippen LogP contribution >= 0.6 is 0 Å². The zero-order valence-corrected chi connectivity index (χ0v) is 10.9. The van der Waals surface area contributed by atoms with Gasteiger partial charge in [0.15, 0.2) is 0 Å². The summed E-state index contributed by atoms with van der Waals surface area (Å²) in [5.74, 6) is 0.404. The number of piperidine rings is 1. The molecule has 3 nitrogen and oxygen atoms in total. The summed E-state index contributed by atoms with van der Waals surface area (Å²) in [5.41, 5.74) is 0. The normalized spacial score (nSPS) is 27.4. The van der Waals surface area contributed by atoms with Crippen LogP contribution in [-0.2, 0) is 4.79 Å². The second-order valence-electron chi connectivity index (χ2n) is 5.04. The summed E-state index contributed by atoms with van der Waals surface area (Å²) < 4.78 is 0. The molecule has 16 heavy (non-hydrogen) atoms. The van der Waals surface area contributed by atoms with Crippen molar-refractivity contribution in [1.82, 2.24) is 10.6 Å². The van der Waals surface area contributed by atoms with Gasteiger partial charge < -0.3 is 10.6 Å². The Hall–Kier alpha value is -0.570. The van der Waals surface area contributed by atoms with Crippen LogP contribution < -0.4 is 10.6 Å². The van der Waals surface area contributed by atoms with E-state index in [1.165, 1.54) is 12.8 Å². The van der Waals surface area contributed by atoms with Crippen molar-refractivity contribution >= 4 is 5.91 Å². The number of carbonyl (C=O) groups excluding carboxylic acids is 1. The van der Waals surface area contributed by atoms with Crippen LogP contribution in [0.15, 0.2) is 0 Å². The molecule has 0 aliphatic carbocycles. The van der Waals surface area contributed by atoms with Crippen molar-refractivity contribution in [1.29, 1.82) is 0 Å². The van der Waals surface area contributed by atoms with Gasteiger partial charge in [0.2, 0.25) is 5.91 Å². The van der Waals surface area contributed by atoms with Crippen LogP contribution in [0.1, 0.15) is 52.9 Å². The minimum atomic E-state index is 0.165. The van der Waals surface area contributed by atoms with Crippen LogP contribution in [-0.4, -0.2) is 24.5 Å². The van der Waals surface area contributed by atoms with E-state index in [0.29, 0.717) is 12.1 Å². The van der Waals surface area contributed by atoms with Gasteiger partial charge in [0.25, 0.3) is 0 Å². The third kappa shape index (κ3) is 4.12. The van der Waals surface area contributed by atoms with E-state index in [1.54, 1.807) is 0 Å². The van der Waals surface area contributed by atoms with E-state index in [-0.39, 0.29) is 11.8 Å². The molecule has 1 heterocycles. The van der Waals surface area contributed by atoms with Gasteiger partial charge in [-0.2, -0.15) is 0 Å². The third-order valence-corrected chi connectivity index (χ3v) is 3.48. The molecule has 0 aromatic heterocycles. The first-order chi connectivity index (χ1) is 7.65. The number of carbonyl (C=O) groups is 1. The Labute approximate surface area is 99.4 Å². The number of rotatable bonds is 5. The van der Waals surface area contributed by atoms with Crippen molar-refractivity contribution in [3.05, 3.63) is 0 Å². The summed E-state index contributed by atoms with van der Waals surface area (Å²) in [7, 11) is 0. The summed E-state index contributed by atoms with van der Waals surface area (Å²) in [6.45, 7) is 7.45. The highest BCUT2D eigenvalue weighted by Gasteiger charge is 2.27. The van der Waals surface area contributed by atoms with E-state index >= 15 is 0 Å². The number of amides is 1. The fourth-order valence-electron chi connectivity index (χ4n) is 2.33. The zero-order valence-electron chi connectivity index (χ0n) is 10.9. The first-order valence-corrected chi connectivity index (χ1v) is 6.69. The predicted molar refractivity (Wildman–Crippen MR) is 67.3 cm³/mol.